The molecule has 17 heavy (non-hydrogen) atoms. The first-order chi connectivity index (χ1) is 8.31. The molecule has 1 aliphatic heterocycles. The molecule has 0 aliphatic carbocycles. The van der Waals surface area contributed by atoms with Crippen LogP contribution in [0.4, 0.5) is 0 Å². The van der Waals surface area contributed by atoms with E-state index in [4.69, 9.17) is 11.6 Å². The second kappa shape index (κ2) is 6.02. The third-order valence-corrected chi connectivity index (χ3v) is 3.19. The Morgan fingerprint density at radius 1 is 1.41 bits per heavy atom. The van der Waals surface area contributed by atoms with Crippen molar-refractivity contribution < 1.29 is 4.79 Å². The predicted octanol–water partition coefficient (Wildman–Crippen LogP) is 0.796. The zero-order valence-corrected chi connectivity index (χ0v) is 10.5. The lowest BCUT2D eigenvalue weighted by molar-refractivity contribution is 0.0762. The van der Waals surface area contributed by atoms with E-state index >= 15 is 0 Å². The molecule has 2 rings (SSSR count). The van der Waals surface area contributed by atoms with E-state index in [9.17, 15) is 4.79 Å². The quantitative estimate of drug-likeness (QED) is 0.814. The summed E-state index contributed by atoms with van der Waals surface area (Å²) in [6.45, 7) is 4.39. The maximum Gasteiger partial charge on any atom is 0.257 e. The Bertz CT molecular complexity index is 354. The molecule has 1 fully saturated rings. The fourth-order valence-electron chi connectivity index (χ4n) is 2.07. The summed E-state index contributed by atoms with van der Waals surface area (Å²) >= 11 is 5.73. The first-order valence-electron chi connectivity index (χ1n) is 5.87. The molecule has 6 heteroatoms. The molecular formula is C11H17ClN4O. The van der Waals surface area contributed by atoms with Gasteiger partial charge in [-0.2, -0.15) is 5.10 Å². The van der Waals surface area contributed by atoms with Gasteiger partial charge in [0.05, 0.1) is 11.8 Å². The van der Waals surface area contributed by atoms with Crippen molar-refractivity contribution in [1.82, 2.24) is 20.0 Å². The van der Waals surface area contributed by atoms with Gasteiger partial charge in [0.25, 0.3) is 5.91 Å². The highest BCUT2D eigenvalue weighted by molar-refractivity contribution is 6.18. The van der Waals surface area contributed by atoms with Crippen molar-refractivity contribution in [3.8, 4) is 0 Å². The van der Waals surface area contributed by atoms with Gasteiger partial charge in [0.2, 0.25) is 0 Å². The van der Waals surface area contributed by atoms with Gasteiger partial charge in [-0.05, 0) is 13.0 Å². The van der Waals surface area contributed by atoms with Gasteiger partial charge in [-0.3, -0.25) is 9.89 Å². The van der Waals surface area contributed by atoms with E-state index in [1.807, 2.05) is 4.90 Å². The second-order valence-corrected chi connectivity index (χ2v) is 4.54. The first kappa shape index (κ1) is 12.4. The number of aromatic nitrogens is 2. The lowest BCUT2D eigenvalue weighted by Gasteiger charge is -2.20. The monoisotopic (exact) mass is 256 g/mol. The summed E-state index contributed by atoms with van der Waals surface area (Å²) in [5.74, 6) is 0.710. The van der Waals surface area contributed by atoms with Gasteiger partial charge in [0, 0.05) is 38.3 Å². The molecule has 1 aliphatic rings. The molecule has 0 unspecified atom stereocenters. The number of amides is 1. The Labute approximate surface area is 106 Å². The van der Waals surface area contributed by atoms with Crippen molar-refractivity contribution in [1.29, 1.82) is 0 Å². The Kier molecular flexibility index (Phi) is 4.39. The average Bonchev–Trinajstić information content (AvgIpc) is 2.76. The Morgan fingerprint density at radius 3 is 3.00 bits per heavy atom. The van der Waals surface area contributed by atoms with E-state index in [2.05, 4.69) is 15.1 Å². The van der Waals surface area contributed by atoms with E-state index < -0.39 is 0 Å². The molecule has 0 saturated carbocycles. The number of hydrogen-bond acceptors (Lipinski definition) is 3. The number of alkyl halides is 1. The molecule has 94 valence electrons. The molecule has 0 bridgehead atoms. The molecule has 5 nitrogen and oxygen atoms in total. The summed E-state index contributed by atoms with van der Waals surface area (Å²) in [6, 6.07) is 0. The van der Waals surface area contributed by atoms with E-state index in [1.165, 1.54) is 0 Å². The number of hydrogen-bond donors (Lipinski definition) is 1. The van der Waals surface area contributed by atoms with Gasteiger partial charge in [-0.1, -0.05) is 0 Å². The van der Waals surface area contributed by atoms with Crippen LogP contribution >= 0.6 is 11.6 Å². The van der Waals surface area contributed by atoms with Gasteiger partial charge in [-0.25, -0.2) is 0 Å². The number of halogens is 1. The molecule has 1 aromatic rings. The van der Waals surface area contributed by atoms with Crippen LogP contribution in [0.1, 0.15) is 16.8 Å². The zero-order valence-electron chi connectivity index (χ0n) is 9.73. The van der Waals surface area contributed by atoms with Crippen LogP contribution in [0.2, 0.25) is 0 Å². The number of aromatic amines is 1. The number of carbonyl (C=O) groups is 1. The van der Waals surface area contributed by atoms with Crippen molar-refractivity contribution in [3.63, 3.8) is 0 Å². The molecule has 1 aromatic heterocycles. The number of H-pyrrole nitrogens is 1. The Balaban J connectivity index is 1.92. The van der Waals surface area contributed by atoms with Crippen LogP contribution < -0.4 is 0 Å². The fraction of sp³-hybridized carbons (Fsp3) is 0.636. The van der Waals surface area contributed by atoms with Crippen LogP contribution in [0, 0.1) is 0 Å². The lowest BCUT2D eigenvalue weighted by Crippen LogP contribution is -2.35. The van der Waals surface area contributed by atoms with Crippen LogP contribution in [-0.2, 0) is 0 Å². The summed E-state index contributed by atoms with van der Waals surface area (Å²) < 4.78 is 0. The van der Waals surface area contributed by atoms with Crippen LogP contribution in [-0.4, -0.2) is 64.5 Å². The number of nitrogens with zero attached hydrogens (tertiary/aromatic N) is 3. The summed E-state index contributed by atoms with van der Waals surface area (Å²) in [6.07, 6.45) is 4.22. The van der Waals surface area contributed by atoms with E-state index in [0.29, 0.717) is 11.4 Å². The minimum atomic E-state index is 0.0615. The Hall–Kier alpha value is -1.07. The highest BCUT2D eigenvalue weighted by Gasteiger charge is 2.20. The summed E-state index contributed by atoms with van der Waals surface area (Å²) in [4.78, 5) is 16.3. The first-order valence-corrected chi connectivity index (χ1v) is 6.41. The van der Waals surface area contributed by atoms with Crippen LogP contribution in [0.25, 0.3) is 0 Å². The number of rotatable bonds is 3. The minimum Gasteiger partial charge on any atom is -0.337 e. The molecule has 1 N–H and O–H groups in total. The minimum absolute atomic E-state index is 0.0615. The SMILES string of the molecule is O=C(c1cn[nH]c1)N1CCCN(CCCl)CC1. The largest absolute Gasteiger partial charge is 0.337 e. The van der Waals surface area contributed by atoms with Crippen LogP contribution in [0.5, 0.6) is 0 Å². The second-order valence-electron chi connectivity index (χ2n) is 4.16. The lowest BCUT2D eigenvalue weighted by atomic mass is 10.3. The molecule has 2 heterocycles. The maximum atomic E-state index is 12.1. The molecule has 0 spiro atoms. The normalized spacial score (nSPS) is 18.1. The molecular weight excluding hydrogens is 240 g/mol. The zero-order chi connectivity index (χ0) is 12.1. The third-order valence-electron chi connectivity index (χ3n) is 3.02. The summed E-state index contributed by atoms with van der Waals surface area (Å²) in [5, 5.41) is 6.47. The van der Waals surface area contributed by atoms with Gasteiger partial charge in [0.1, 0.15) is 0 Å². The third kappa shape index (κ3) is 3.20. The van der Waals surface area contributed by atoms with E-state index in [1.54, 1.807) is 12.4 Å². The molecule has 0 radical (unpaired) electrons. The summed E-state index contributed by atoms with van der Waals surface area (Å²) in [5.41, 5.74) is 0.635. The van der Waals surface area contributed by atoms with Crippen molar-refractivity contribution in [2.24, 2.45) is 0 Å². The highest BCUT2D eigenvalue weighted by atomic mass is 35.5. The van der Waals surface area contributed by atoms with Crippen molar-refractivity contribution in [3.05, 3.63) is 18.0 Å². The standard InChI is InChI=1S/C11H17ClN4O/c12-2-5-15-3-1-4-16(7-6-15)11(17)10-8-13-14-9-10/h8-9H,1-7H2,(H,13,14). The Morgan fingerprint density at radius 2 is 2.29 bits per heavy atom. The van der Waals surface area contributed by atoms with Crippen LogP contribution in [0.15, 0.2) is 12.4 Å². The van der Waals surface area contributed by atoms with Crippen molar-refractivity contribution in [2.75, 3.05) is 38.6 Å². The molecule has 1 amide bonds. The molecule has 0 atom stereocenters. The van der Waals surface area contributed by atoms with Gasteiger partial charge >= 0.3 is 0 Å². The molecule has 0 aromatic carbocycles. The topological polar surface area (TPSA) is 52.2 Å². The predicted molar refractivity (Wildman–Crippen MR) is 66.3 cm³/mol. The molecule has 1 saturated heterocycles. The number of carbonyl (C=O) groups excluding carboxylic acids is 1. The average molecular weight is 257 g/mol. The van der Waals surface area contributed by atoms with Gasteiger partial charge in [-0.15, -0.1) is 11.6 Å². The van der Waals surface area contributed by atoms with E-state index in [-0.39, 0.29) is 5.91 Å². The van der Waals surface area contributed by atoms with Gasteiger partial charge < -0.3 is 9.80 Å². The highest BCUT2D eigenvalue weighted by Crippen LogP contribution is 2.08. The summed E-state index contributed by atoms with van der Waals surface area (Å²) in [7, 11) is 0. The van der Waals surface area contributed by atoms with Crippen molar-refractivity contribution in [2.45, 2.75) is 6.42 Å². The fourth-order valence-corrected chi connectivity index (χ4v) is 2.31. The van der Waals surface area contributed by atoms with Gasteiger partial charge in [0.15, 0.2) is 0 Å². The van der Waals surface area contributed by atoms with Crippen LogP contribution in [0.3, 0.4) is 0 Å². The number of nitrogens with one attached hydrogen (secondary N) is 1. The maximum absolute atomic E-state index is 12.1. The van der Waals surface area contributed by atoms with E-state index in [0.717, 1.165) is 39.1 Å². The van der Waals surface area contributed by atoms with Crippen molar-refractivity contribution >= 4 is 17.5 Å². The smallest absolute Gasteiger partial charge is 0.257 e.